The predicted octanol–water partition coefficient (Wildman–Crippen LogP) is 1.96. The molecule has 1 fully saturated rings. The molecule has 3 nitrogen and oxygen atoms in total. The first kappa shape index (κ1) is 14.0. The van der Waals surface area contributed by atoms with Crippen LogP contribution < -0.4 is 5.73 Å². The second-order valence-electron chi connectivity index (χ2n) is 5.66. The van der Waals surface area contributed by atoms with E-state index in [4.69, 9.17) is 5.73 Å². The van der Waals surface area contributed by atoms with Crippen LogP contribution in [0, 0.1) is 11.8 Å². The summed E-state index contributed by atoms with van der Waals surface area (Å²) in [4.78, 5) is 0. The molecule has 0 saturated heterocycles. The fourth-order valence-electron chi connectivity index (χ4n) is 2.57. The second-order valence-corrected chi connectivity index (χ2v) is 8.38. The van der Waals surface area contributed by atoms with Crippen LogP contribution in [-0.4, -0.2) is 25.0 Å². The van der Waals surface area contributed by atoms with E-state index in [1.807, 2.05) is 0 Å². The van der Waals surface area contributed by atoms with Crippen LogP contribution in [0.5, 0.6) is 0 Å². The molecular formula is C12H25NO2S. The van der Waals surface area contributed by atoms with E-state index in [-0.39, 0.29) is 16.5 Å². The zero-order valence-corrected chi connectivity index (χ0v) is 11.6. The lowest BCUT2D eigenvalue weighted by molar-refractivity contribution is 0.256. The standard InChI is InChI=1S/C12H25NO2S/c1-8(2)10-5-6-12(11(13)7-10)16(14,15)9(3)4/h8-12H,5-7,13H2,1-4H3. The quantitative estimate of drug-likeness (QED) is 0.829. The molecule has 4 heteroatoms. The normalized spacial score (nSPS) is 32.3. The minimum Gasteiger partial charge on any atom is -0.327 e. The minimum atomic E-state index is -3.02. The highest BCUT2D eigenvalue weighted by atomic mass is 32.2. The Morgan fingerprint density at radius 2 is 1.69 bits per heavy atom. The summed E-state index contributed by atoms with van der Waals surface area (Å²) in [5, 5.41) is -0.623. The highest BCUT2D eigenvalue weighted by Gasteiger charge is 2.38. The molecule has 1 aliphatic rings. The van der Waals surface area contributed by atoms with Gasteiger partial charge in [0.1, 0.15) is 0 Å². The summed E-state index contributed by atoms with van der Waals surface area (Å²) in [7, 11) is -3.02. The van der Waals surface area contributed by atoms with E-state index >= 15 is 0 Å². The Hall–Kier alpha value is -0.0900. The number of nitrogens with two attached hydrogens (primary N) is 1. The zero-order valence-electron chi connectivity index (χ0n) is 10.8. The van der Waals surface area contributed by atoms with Crippen molar-refractivity contribution in [3.8, 4) is 0 Å². The largest absolute Gasteiger partial charge is 0.327 e. The van der Waals surface area contributed by atoms with Gasteiger partial charge in [0, 0.05) is 6.04 Å². The van der Waals surface area contributed by atoms with Crippen LogP contribution >= 0.6 is 0 Å². The predicted molar refractivity (Wildman–Crippen MR) is 68.0 cm³/mol. The molecule has 3 atom stereocenters. The molecule has 96 valence electrons. The van der Waals surface area contributed by atoms with Crippen LogP contribution in [0.25, 0.3) is 0 Å². The molecule has 0 bridgehead atoms. The molecule has 1 aliphatic carbocycles. The molecule has 16 heavy (non-hydrogen) atoms. The van der Waals surface area contributed by atoms with Gasteiger partial charge < -0.3 is 5.73 Å². The third-order valence-electron chi connectivity index (χ3n) is 3.90. The van der Waals surface area contributed by atoms with Crippen molar-refractivity contribution in [2.75, 3.05) is 0 Å². The Morgan fingerprint density at radius 3 is 2.06 bits per heavy atom. The first-order valence-corrected chi connectivity index (χ1v) is 7.86. The van der Waals surface area contributed by atoms with Crippen molar-refractivity contribution >= 4 is 9.84 Å². The lowest BCUT2D eigenvalue weighted by atomic mass is 9.79. The summed E-state index contributed by atoms with van der Waals surface area (Å²) in [6.45, 7) is 7.87. The van der Waals surface area contributed by atoms with Gasteiger partial charge in [-0.15, -0.1) is 0 Å². The molecule has 2 N–H and O–H groups in total. The van der Waals surface area contributed by atoms with Gasteiger partial charge in [-0.2, -0.15) is 0 Å². The fraction of sp³-hybridized carbons (Fsp3) is 1.00. The first-order valence-electron chi connectivity index (χ1n) is 6.25. The molecule has 0 amide bonds. The minimum absolute atomic E-state index is 0.173. The Morgan fingerprint density at radius 1 is 1.12 bits per heavy atom. The van der Waals surface area contributed by atoms with Gasteiger partial charge in [0.05, 0.1) is 10.5 Å². The molecule has 0 spiro atoms. The Bertz CT molecular complexity index is 322. The van der Waals surface area contributed by atoms with E-state index in [0.29, 0.717) is 11.8 Å². The average molecular weight is 247 g/mol. The van der Waals surface area contributed by atoms with Gasteiger partial charge in [0.15, 0.2) is 9.84 Å². The topological polar surface area (TPSA) is 60.2 Å². The van der Waals surface area contributed by atoms with Gasteiger partial charge in [0.2, 0.25) is 0 Å². The van der Waals surface area contributed by atoms with Gasteiger partial charge in [-0.25, -0.2) is 8.42 Å². The maximum atomic E-state index is 12.1. The molecular weight excluding hydrogens is 222 g/mol. The molecule has 1 saturated carbocycles. The summed E-state index contributed by atoms with van der Waals surface area (Å²) in [5.74, 6) is 1.20. The van der Waals surface area contributed by atoms with Gasteiger partial charge in [-0.1, -0.05) is 13.8 Å². The summed E-state index contributed by atoms with van der Waals surface area (Å²) in [5.41, 5.74) is 6.05. The van der Waals surface area contributed by atoms with Crippen molar-refractivity contribution in [1.82, 2.24) is 0 Å². The van der Waals surface area contributed by atoms with Crippen molar-refractivity contribution in [3.05, 3.63) is 0 Å². The highest BCUT2D eigenvalue weighted by molar-refractivity contribution is 7.92. The molecule has 0 aromatic rings. The van der Waals surface area contributed by atoms with Crippen LogP contribution in [0.2, 0.25) is 0 Å². The van der Waals surface area contributed by atoms with E-state index in [2.05, 4.69) is 13.8 Å². The first-order chi connectivity index (χ1) is 7.26. The summed E-state index contributed by atoms with van der Waals surface area (Å²) >= 11 is 0. The molecule has 0 radical (unpaired) electrons. The van der Waals surface area contributed by atoms with E-state index < -0.39 is 9.84 Å². The van der Waals surface area contributed by atoms with Gasteiger partial charge in [-0.3, -0.25) is 0 Å². The third kappa shape index (κ3) is 2.77. The Labute approximate surface area is 99.7 Å². The molecule has 0 aromatic carbocycles. The lowest BCUT2D eigenvalue weighted by Gasteiger charge is -2.36. The number of sulfone groups is 1. The molecule has 3 unspecified atom stereocenters. The number of rotatable bonds is 3. The maximum absolute atomic E-state index is 12.1. The molecule has 1 rings (SSSR count). The van der Waals surface area contributed by atoms with Crippen molar-refractivity contribution in [1.29, 1.82) is 0 Å². The Kier molecular flexibility index (Phi) is 4.41. The van der Waals surface area contributed by atoms with Crippen LogP contribution in [0.3, 0.4) is 0 Å². The van der Waals surface area contributed by atoms with E-state index in [9.17, 15) is 8.42 Å². The lowest BCUT2D eigenvalue weighted by Crippen LogP contribution is -2.48. The number of hydrogen-bond acceptors (Lipinski definition) is 3. The fourth-order valence-corrected chi connectivity index (χ4v) is 4.34. The summed E-state index contributed by atoms with van der Waals surface area (Å²) in [6.07, 6.45) is 2.60. The Balaban J connectivity index is 2.75. The average Bonchev–Trinajstić information content (AvgIpc) is 2.16. The van der Waals surface area contributed by atoms with E-state index in [1.54, 1.807) is 13.8 Å². The van der Waals surface area contributed by atoms with Crippen molar-refractivity contribution in [2.45, 2.75) is 63.5 Å². The van der Waals surface area contributed by atoms with Gasteiger partial charge >= 0.3 is 0 Å². The van der Waals surface area contributed by atoms with E-state index in [0.717, 1.165) is 19.3 Å². The molecule has 0 heterocycles. The third-order valence-corrected chi connectivity index (χ3v) is 6.64. The van der Waals surface area contributed by atoms with Crippen molar-refractivity contribution in [3.63, 3.8) is 0 Å². The van der Waals surface area contributed by atoms with Crippen molar-refractivity contribution < 1.29 is 8.42 Å². The van der Waals surface area contributed by atoms with Gasteiger partial charge in [-0.05, 0) is 44.9 Å². The SMILES string of the molecule is CC(C)C1CCC(S(=O)(=O)C(C)C)C(N)C1. The molecule has 0 aromatic heterocycles. The van der Waals surface area contributed by atoms with Crippen LogP contribution in [-0.2, 0) is 9.84 Å². The van der Waals surface area contributed by atoms with Crippen LogP contribution in [0.1, 0.15) is 47.0 Å². The summed E-state index contributed by atoms with van der Waals surface area (Å²) in [6, 6.07) is -0.173. The monoisotopic (exact) mass is 247 g/mol. The maximum Gasteiger partial charge on any atom is 0.156 e. The number of hydrogen-bond donors (Lipinski definition) is 1. The van der Waals surface area contributed by atoms with Crippen LogP contribution in [0.4, 0.5) is 0 Å². The smallest absolute Gasteiger partial charge is 0.156 e. The second kappa shape index (κ2) is 5.05. The van der Waals surface area contributed by atoms with E-state index in [1.165, 1.54) is 0 Å². The van der Waals surface area contributed by atoms with Gasteiger partial charge in [0.25, 0.3) is 0 Å². The van der Waals surface area contributed by atoms with Crippen molar-refractivity contribution in [2.24, 2.45) is 17.6 Å². The molecule has 0 aliphatic heterocycles. The van der Waals surface area contributed by atoms with Crippen LogP contribution in [0.15, 0.2) is 0 Å². The highest BCUT2D eigenvalue weighted by Crippen LogP contribution is 2.33. The zero-order chi connectivity index (χ0) is 12.5. The summed E-state index contributed by atoms with van der Waals surface area (Å²) < 4.78 is 24.2.